The van der Waals surface area contributed by atoms with Gasteiger partial charge in [0.15, 0.2) is 0 Å². The summed E-state index contributed by atoms with van der Waals surface area (Å²) in [5.74, 6) is 2.82. The average Bonchev–Trinajstić information content (AvgIpc) is 3.24. The van der Waals surface area contributed by atoms with Crippen LogP contribution < -0.4 is 14.8 Å². The Balaban J connectivity index is 1.29. The van der Waals surface area contributed by atoms with Crippen molar-refractivity contribution in [2.24, 2.45) is 0 Å². The van der Waals surface area contributed by atoms with Gasteiger partial charge in [0.2, 0.25) is 5.91 Å². The Bertz CT molecular complexity index is 1290. The number of aryl methyl sites for hydroxylation is 3. The Morgan fingerprint density at radius 2 is 1.78 bits per heavy atom. The molecule has 6 heteroatoms. The summed E-state index contributed by atoms with van der Waals surface area (Å²) in [6.45, 7) is 6.31. The summed E-state index contributed by atoms with van der Waals surface area (Å²) in [6, 6.07) is 22.0. The molecule has 0 aliphatic heterocycles. The number of hydrogen-bond acceptors (Lipinski definition) is 4. The number of methoxy groups -OCH3 is 1. The molecule has 1 amide bonds. The third-order valence-corrected chi connectivity index (χ3v) is 6.50. The predicted molar refractivity (Wildman–Crippen MR) is 144 cm³/mol. The fourth-order valence-electron chi connectivity index (χ4n) is 4.32. The quantitative estimate of drug-likeness (QED) is 0.272. The molecule has 0 atom stereocenters. The Hall–Kier alpha value is -3.80. The van der Waals surface area contributed by atoms with Gasteiger partial charge in [-0.15, -0.1) is 0 Å². The molecule has 188 valence electrons. The first-order chi connectivity index (χ1) is 17.5. The summed E-state index contributed by atoms with van der Waals surface area (Å²) in [5.41, 5.74) is 5.55. The van der Waals surface area contributed by atoms with Crippen LogP contribution in [-0.2, 0) is 24.2 Å². The van der Waals surface area contributed by atoms with E-state index in [4.69, 9.17) is 14.5 Å². The summed E-state index contributed by atoms with van der Waals surface area (Å²) in [4.78, 5) is 17.2. The highest BCUT2D eigenvalue weighted by molar-refractivity contribution is 5.78. The van der Waals surface area contributed by atoms with Gasteiger partial charge in [0.05, 0.1) is 31.2 Å². The monoisotopic (exact) mass is 485 g/mol. The number of hydrogen-bond donors (Lipinski definition) is 1. The van der Waals surface area contributed by atoms with E-state index in [2.05, 4.69) is 48.0 Å². The van der Waals surface area contributed by atoms with Crippen molar-refractivity contribution in [1.29, 1.82) is 0 Å². The number of nitrogens with zero attached hydrogens (tertiary/aromatic N) is 2. The van der Waals surface area contributed by atoms with Crippen LogP contribution in [0, 0.1) is 13.8 Å². The normalized spacial score (nSPS) is 11.0. The number of amides is 1. The van der Waals surface area contributed by atoms with E-state index >= 15 is 0 Å². The van der Waals surface area contributed by atoms with E-state index in [1.165, 1.54) is 11.1 Å². The average molecular weight is 486 g/mol. The fourth-order valence-corrected chi connectivity index (χ4v) is 4.32. The van der Waals surface area contributed by atoms with Gasteiger partial charge in [0, 0.05) is 19.5 Å². The van der Waals surface area contributed by atoms with Crippen molar-refractivity contribution in [3.8, 4) is 11.5 Å². The maximum Gasteiger partial charge on any atom is 0.224 e. The molecule has 1 heterocycles. The van der Waals surface area contributed by atoms with E-state index in [9.17, 15) is 4.79 Å². The number of para-hydroxylation sites is 2. The third kappa shape index (κ3) is 6.45. The van der Waals surface area contributed by atoms with Crippen LogP contribution in [0.3, 0.4) is 0 Å². The van der Waals surface area contributed by atoms with Crippen molar-refractivity contribution >= 4 is 16.9 Å². The second kappa shape index (κ2) is 12.2. The van der Waals surface area contributed by atoms with Gasteiger partial charge in [-0.2, -0.15) is 0 Å². The van der Waals surface area contributed by atoms with Gasteiger partial charge in [-0.1, -0.05) is 36.4 Å². The van der Waals surface area contributed by atoms with Gasteiger partial charge in [0.25, 0.3) is 0 Å². The van der Waals surface area contributed by atoms with Gasteiger partial charge >= 0.3 is 0 Å². The smallest absolute Gasteiger partial charge is 0.224 e. The molecule has 6 nitrogen and oxygen atoms in total. The first kappa shape index (κ1) is 25.3. The van der Waals surface area contributed by atoms with Crippen LogP contribution in [0.4, 0.5) is 0 Å². The summed E-state index contributed by atoms with van der Waals surface area (Å²) in [5, 5.41) is 3.04. The number of fused-ring (bicyclic) bond motifs is 1. The van der Waals surface area contributed by atoms with Gasteiger partial charge in [-0.05, 0) is 73.7 Å². The zero-order valence-electron chi connectivity index (χ0n) is 21.4. The van der Waals surface area contributed by atoms with E-state index in [0.29, 0.717) is 19.6 Å². The first-order valence-electron chi connectivity index (χ1n) is 12.6. The number of ether oxygens (including phenoxy) is 2. The molecule has 3 aromatic carbocycles. The molecule has 1 N–H and O–H groups in total. The van der Waals surface area contributed by atoms with E-state index in [0.717, 1.165) is 59.7 Å². The zero-order chi connectivity index (χ0) is 25.3. The summed E-state index contributed by atoms with van der Waals surface area (Å²) in [7, 11) is 1.64. The first-order valence-corrected chi connectivity index (χ1v) is 12.6. The summed E-state index contributed by atoms with van der Waals surface area (Å²) >= 11 is 0. The second-order valence-corrected chi connectivity index (χ2v) is 9.05. The van der Waals surface area contributed by atoms with Gasteiger partial charge in [0.1, 0.15) is 17.3 Å². The topological polar surface area (TPSA) is 65.4 Å². The molecule has 0 saturated carbocycles. The number of rotatable bonds is 12. The highest BCUT2D eigenvalue weighted by atomic mass is 16.5. The Labute approximate surface area is 213 Å². The van der Waals surface area contributed by atoms with Crippen LogP contribution in [0.1, 0.15) is 35.4 Å². The molecule has 0 fully saturated rings. The van der Waals surface area contributed by atoms with Crippen LogP contribution in [0.5, 0.6) is 11.5 Å². The molecule has 0 bridgehead atoms. The number of carbonyl (C=O) groups excluding carboxylic acids is 1. The van der Waals surface area contributed by atoms with Crippen LogP contribution in [-0.4, -0.2) is 35.7 Å². The van der Waals surface area contributed by atoms with E-state index in [1.807, 2.05) is 42.5 Å². The maximum absolute atomic E-state index is 12.3. The number of carbonyl (C=O) groups is 1. The molecule has 0 saturated heterocycles. The molecule has 36 heavy (non-hydrogen) atoms. The van der Waals surface area contributed by atoms with Crippen molar-refractivity contribution in [3.05, 3.63) is 89.2 Å². The molecular weight excluding hydrogens is 450 g/mol. The molecule has 0 unspecified atom stereocenters. The van der Waals surface area contributed by atoms with Gasteiger partial charge < -0.3 is 19.4 Å². The Kier molecular flexibility index (Phi) is 8.61. The number of imidazole rings is 1. The minimum atomic E-state index is 0.0252. The molecule has 0 radical (unpaired) electrons. The van der Waals surface area contributed by atoms with Crippen molar-refractivity contribution in [2.45, 2.75) is 46.1 Å². The lowest BCUT2D eigenvalue weighted by Crippen LogP contribution is -2.26. The number of nitrogens with one attached hydrogen (secondary N) is 1. The lowest BCUT2D eigenvalue weighted by atomic mass is 10.1. The molecule has 0 aliphatic rings. The largest absolute Gasteiger partial charge is 0.497 e. The van der Waals surface area contributed by atoms with E-state index < -0.39 is 0 Å². The minimum absolute atomic E-state index is 0.0252. The lowest BCUT2D eigenvalue weighted by molar-refractivity contribution is -0.120. The SMILES string of the molecule is COc1ccc(CC(=O)NCCCc2nc3ccccc3n2CCCOc2cccc(C)c2C)cc1. The van der Waals surface area contributed by atoms with E-state index in [-0.39, 0.29) is 5.91 Å². The number of benzene rings is 3. The highest BCUT2D eigenvalue weighted by Crippen LogP contribution is 2.21. The van der Waals surface area contributed by atoms with Gasteiger partial charge in [-0.3, -0.25) is 4.79 Å². The van der Waals surface area contributed by atoms with Crippen LogP contribution in [0.2, 0.25) is 0 Å². The standard InChI is InChI=1S/C30H35N3O3/c1-22-9-6-12-28(23(22)2)36-20-8-19-33-27-11-5-4-10-26(27)32-29(33)13-7-18-31-30(34)21-24-14-16-25(35-3)17-15-24/h4-6,9-12,14-17H,7-8,13,18-21H2,1-3H3,(H,31,34). The molecule has 0 spiro atoms. The van der Waals surface area contributed by atoms with Crippen molar-refractivity contribution in [3.63, 3.8) is 0 Å². The maximum atomic E-state index is 12.3. The molecular formula is C30H35N3O3. The van der Waals surface area contributed by atoms with Crippen LogP contribution in [0.15, 0.2) is 66.7 Å². The second-order valence-electron chi connectivity index (χ2n) is 9.05. The van der Waals surface area contributed by atoms with E-state index in [1.54, 1.807) is 7.11 Å². The zero-order valence-corrected chi connectivity index (χ0v) is 21.4. The van der Waals surface area contributed by atoms with Crippen molar-refractivity contribution < 1.29 is 14.3 Å². The summed E-state index contributed by atoms with van der Waals surface area (Å²) < 4.78 is 13.5. The third-order valence-electron chi connectivity index (χ3n) is 6.50. The molecule has 1 aromatic heterocycles. The number of aromatic nitrogens is 2. The lowest BCUT2D eigenvalue weighted by Gasteiger charge is -2.13. The van der Waals surface area contributed by atoms with Crippen molar-refractivity contribution in [1.82, 2.24) is 14.9 Å². The van der Waals surface area contributed by atoms with Crippen LogP contribution >= 0.6 is 0 Å². The van der Waals surface area contributed by atoms with Crippen molar-refractivity contribution in [2.75, 3.05) is 20.3 Å². The van der Waals surface area contributed by atoms with Crippen LogP contribution in [0.25, 0.3) is 11.0 Å². The fraction of sp³-hybridized carbons (Fsp3) is 0.333. The minimum Gasteiger partial charge on any atom is -0.497 e. The summed E-state index contributed by atoms with van der Waals surface area (Å²) in [6.07, 6.45) is 2.88. The highest BCUT2D eigenvalue weighted by Gasteiger charge is 2.11. The predicted octanol–water partition coefficient (Wildman–Crippen LogP) is 5.42. The molecule has 4 aromatic rings. The molecule has 4 rings (SSSR count). The van der Waals surface area contributed by atoms with Gasteiger partial charge in [-0.25, -0.2) is 4.98 Å². The Morgan fingerprint density at radius 1 is 0.972 bits per heavy atom. The Morgan fingerprint density at radius 3 is 2.58 bits per heavy atom. The molecule has 0 aliphatic carbocycles.